The SMILES string of the molecule is CCNC(CC1CC1)c1cccc2c1OCCO2. The number of benzene rings is 1. The van der Waals surface area contributed by atoms with Crippen molar-refractivity contribution in [3.8, 4) is 11.5 Å². The molecule has 1 aromatic rings. The van der Waals surface area contributed by atoms with Gasteiger partial charge in [-0.25, -0.2) is 0 Å². The Kier molecular flexibility index (Phi) is 3.41. The molecule has 1 saturated carbocycles. The van der Waals surface area contributed by atoms with Crippen molar-refractivity contribution in [2.24, 2.45) is 5.92 Å². The van der Waals surface area contributed by atoms with Gasteiger partial charge in [-0.2, -0.15) is 0 Å². The predicted octanol–water partition coefficient (Wildman–Crippen LogP) is 2.91. The number of rotatable bonds is 5. The fraction of sp³-hybridized carbons (Fsp3) is 0.600. The van der Waals surface area contributed by atoms with E-state index in [9.17, 15) is 0 Å². The molecule has 0 radical (unpaired) electrons. The van der Waals surface area contributed by atoms with Gasteiger partial charge in [-0.1, -0.05) is 31.9 Å². The van der Waals surface area contributed by atoms with E-state index in [4.69, 9.17) is 9.47 Å². The highest BCUT2D eigenvalue weighted by atomic mass is 16.6. The van der Waals surface area contributed by atoms with E-state index in [1.165, 1.54) is 24.8 Å². The van der Waals surface area contributed by atoms with E-state index in [0.29, 0.717) is 19.3 Å². The normalized spacial score (nSPS) is 19.6. The smallest absolute Gasteiger partial charge is 0.166 e. The molecule has 1 aliphatic heterocycles. The summed E-state index contributed by atoms with van der Waals surface area (Å²) in [7, 11) is 0. The van der Waals surface area contributed by atoms with Gasteiger partial charge in [0.05, 0.1) is 0 Å². The lowest BCUT2D eigenvalue weighted by molar-refractivity contribution is 0.168. The molecule has 1 fully saturated rings. The van der Waals surface area contributed by atoms with Crippen molar-refractivity contribution in [1.29, 1.82) is 0 Å². The minimum atomic E-state index is 0.402. The molecule has 1 atom stereocenters. The average molecular weight is 247 g/mol. The lowest BCUT2D eigenvalue weighted by Crippen LogP contribution is -2.24. The van der Waals surface area contributed by atoms with Crippen LogP contribution in [0.1, 0.15) is 37.8 Å². The molecule has 18 heavy (non-hydrogen) atoms. The second-order valence-electron chi connectivity index (χ2n) is 5.16. The average Bonchev–Trinajstić information content (AvgIpc) is 3.22. The first-order valence-electron chi connectivity index (χ1n) is 7.00. The molecule has 1 heterocycles. The van der Waals surface area contributed by atoms with Gasteiger partial charge in [-0.3, -0.25) is 0 Å². The van der Waals surface area contributed by atoms with Crippen molar-refractivity contribution in [1.82, 2.24) is 5.32 Å². The minimum Gasteiger partial charge on any atom is -0.486 e. The van der Waals surface area contributed by atoms with Gasteiger partial charge in [0.2, 0.25) is 0 Å². The number of hydrogen-bond acceptors (Lipinski definition) is 3. The summed E-state index contributed by atoms with van der Waals surface area (Å²) >= 11 is 0. The molecule has 0 amide bonds. The fourth-order valence-corrected chi connectivity index (χ4v) is 2.62. The summed E-state index contributed by atoms with van der Waals surface area (Å²) < 4.78 is 11.5. The highest BCUT2D eigenvalue weighted by Crippen LogP contribution is 2.42. The Labute approximate surface area is 108 Å². The van der Waals surface area contributed by atoms with Crippen LogP contribution < -0.4 is 14.8 Å². The topological polar surface area (TPSA) is 30.5 Å². The van der Waals surface area contributed by atoms with Gasteiger partial charge in [-0.05, 0) is 24.9 Å². The molecule has 3 nitrogen and oxygen atoms in total. The molecule has 1 aromatic carbocycles. The molecule has 0 bridgehead atoms. The van der Waals surface area contributed by atoms with Crippen molar-refractivity contribution >= 4 is 0 Å². The summed E-state index contributed by atoms with van der Waals surface area (Å²) in [6.07, 6.45) is 3.98. The van der Waals surface area contributed by atoms with Gasteiger partial charge in [0.1, 0.15) is 13.2 Å². The third-order valence-electron chi connectivity index (χ3n) is 3.69. The molecule has 3 heteroatoms. The maximum Gasteiger partial charge on any atom is 0.166 e. The number of hydrogen-bond donors (Lipinski definition) is 1. The van der Waals surface area contributed by atoms with Crippen molar-refractivity contribution in [3.63, 3.8) is 0 Å². The summed E-state index contributed by atoms with van der Waals surface area (Å²) in [5, 5.41) is 3.58. The van der Waals surface area contributed by atoms with Crippen LogP contribution in [0.3, 0.4) is 0 Å². The second-order valence-corrected chi connectivity index (χ2v) is 5.16. The van der Waals surface area contributed by atoms with Gasteiger partial charge < -0.3 is 14.8 Å². The molecule has 1 N–H and O–H groups in total. The molecule has 98 valence electrons. The van der Waals surface area contributed by atoms with E-state index in [2.05, 4.69) is 24.4 Å². The Morgan fingerprint density at radius 3 is 2.89 bits per heavy atom. The van der Waals surface area contributed by atoms with Crippen LogP contribution in [0.5, 0.6) is 11.5 Å². The van der Waals surface area contributed by atoms with E-state index < -0.39 is 0 Å². The zero-order valence-electron chi connectivity index (χ0n) is 10.9. The van der Waals surface area contributed by atoms with Crippen molar-refractivity contribution in [2.45, 2.75) is 32.2 Å². The van der Waals surface area contributed by atoms with Crippen molar-refractivity contribution < 1.29 is 9.47 Å². The standard InChI is InChI=1S/C15H21NO2/c1-2-16-13(10-11-6-7-11)12-4-3-5-14-15(12)18-9-8-17-14/h3-5,11,13,16H,2,6-10H2,1H3. The number of nitrogens with one attached hydrogen (secondary N) is 1. The molecule has 0 spiro atoms. The molecule has 3 rings (SSSR count). The maximum atomic E-state index is 5.82. The highest BCUT2D eigenvalue weighted by molar-refractivity contribution is 5.49. The monoisotopic (exact) mass is 247 g/mol. The Morgan fingerprint density at radius 1 is 1.28 bits per heavy atom. The van der Waals surface area contributed by atoms with Crippen LogP contribution in [0.2, 0.25) is 0 Å². The van der Waals surface area contributed by atoms with E-state index in [1.807, 2.05) is 6.07 Å². The second kappa shape index (κ2) is 5.19. The van der Waals surface area contributed by atoms with Crippen molar-refractivity contribution in [3.05, 3.63) is 23.8 Å². The summed E-state index contributed by atoms with van der Waals surface area (Å²) in [5.74, 6) is 2.75. The van der Waals surface area contributed by atoms with E-state index >= 15 is 0 Å². The molecule has 0 saturated heterocycles. The van der Waals surface area contributed by atoms with Gasteiger partial charge in [0.15, 0.2) is 11.5 Å². The Balaban J connectivity index is 1.87. The van der Waals surface area contributed by atoms with E-state index in [0.717, 1.165) is 24.0 Å². The molecular formula is C15H21NO2. The summed E-state index contributed by atoms with van der Waals surface area (Å²) in [5.41, 5.74) is 1.26. The summed E-state index contributed by atoms with van der Waals surface area (Å²) in [4.78, 5) is 0. The number of para-hydroxylation sites is 1. The lowest BCUT2D eigenvalue weighted by atomic mass is 9.99. The minimum absolute atomic E-state index is 0.402. The van der Waals surface area contributed by atoms with Crippen LogP contribution in [0, 0.1) is 5.92 Å². The van der Waals surface area contributed by atoms with Crippen LogP contribution in [-0.4, -0.2) is 19.8 Å². The third kappa shape index (κ3) is 2.46. The van der Waals surface area contributed by atoms with Crippen LogP contribution in [-0.2, 0) is 0 Å². The third-order valence-corrected chi connectivity index (χ3v) is 3.69. The van der Waals surface area contributed by atoms with Crippen LogP contribution in [0.15, 0.2) is 18.2 Å². The van der Waals surface area contributed by atoms with Crippen LogP contribution >= 0.6 is 0 Å². The first kappa shape index (κ1) is 11.8. The van der Waals surface area contributed by atoms with Crippen molar-refractivity contribution in [2.75, 3.05) is 19.8 Å². The van der Waals surface area contributed by atoms with Crippen LogP contribution in [0.25, 0.3) is 0 Å². The first-order chi connectivity index (χ1) is 8.88. The van der Waals surface area contributed by atoms with Gasteiger partial charge in [-0.15, -0.1) is 0 Å². The summed E-state index contributed by atoms with van der Waals surface area (Å²) in [6, 6.07) is 6.64. The molecule has 1 unspecified atom stereocenters. The first-order valence-corrected chi connectivity index (χ1v) is 7.00. The van der Waals surface area contributed by atoms with Gasteiger partial charge >= 0.3 is 0 Å². The Bertz CT molecular complexity index is 415. The molecular weight excluding hydrogens is 226 g/mol. The van der Waals surface area contributed by atoms with Gasteiger partial charge in [0.25, 0.3) is 0 Å². The molecule has 2 aliphatic rings. The molecule has 1 aliphatic carbocycles. The Morgan fingerprint density at radius 2 is 2.11 bits per heavy atom. The van der Waals surface area contributed by atoms with E-state index in [1.54, 1.807) is 0 Å². The van der Waals surface area contributed by atoms with E-state index in [-0.39, 0.29) is 0 Å². The fourth-order valence-electron chi connectivity index (χ4n) is 2.62. The zero-order chi connectivity index (χ0) is 12.4. The van der Waals surface area contributed by atoms with Crippen LogP contribution in [0.4, 0.5) is 0 Å². The number of fused-ring (bicyclic) bond motifs is 1. The van der Waals surface area contributed by atoms with Gasteiger partial charge in [0, 0.05) is 11.6 Å². The molecule has 0 aromatic heterocycles. The zero-order valence-corrected chi connectivity index (χ0v) is 10.9. The Hall–Kier alpha value is -1.22. The maximum absolute atomic E-state index is 5.82. The quantitative estimate of drug-likeness (QED) is 0.868. The lowest BCUT2D eigenvalue weighted by Gasteiger charge is -2.25. The highest BCUT2D eigenvalue weighted by Gasteiger charge is 2.28. The largest absolute Gasteiger partial charge is 0.486 e. The summed E-state index contributed by atoms with van der Waals surface area (Å²) in [6.45, 7) is 4.46. The predicted molar refractivity (Wildman–Crippen MR) is 71.2 cm³/mol. The number of ether oxygens (including phenoxy) is 2.